The van der Waals surface area contributed by atoms with Crippen LogP contribution in [0.5, 0.6) is 11.5 Å². The van der Waals surface area contributed by atoms with E-state index in [2.05, 4.69) is 5.73 Å². The standard InChI is InChI=1S/C25H32O8/c1-32-19-10-4-7-16(13-19)6-3-9-18(12-17-8-5-11-20(14-17)33-2)22(28)24(30)25(31)23(29)21(27)15-26/h3-5,7-8,10-11,13-14,21-31H,6,12,15H2,1-2H3/t9?,21-,22?,23+,24+,25-/m0/s1. The molecule has 0 radical (unpaired) electrons. The van der Waals surface area contributed by atoms with Crippen LogP contribution in [0.3, 0.4) is 0 Å². The van der Waals surface area contributed by atoms with Crippen LogP contribution in [-0.2, 0) is 12.8 Å². The summed E-state index contributed by atoms with van der Waals surface area (Å²) in [6.07, 6.45) is -6.53. The van der Waals surface area contributed by atoms with Gasteiger partial charge in [-0.15, -0.1) is 5.73 Å². The van der Waals surface area contributed by atoms with E-state index >= 15 is 0 Å². The second kappa shape index (κ2) is 13.1. The molecule has 0 bridgehead atoms. The van der Waals surface area contributed by atoms with Gasteiger partial charge in [0.05, 0.1) is 20.8 Å². The van der Waals surface area contributed by atoms with Gasteiger partial charge < -0.3 is 40.1 Å². The summed E-state index contributed by atoms with van der Waals surface area (Å²) in [7, 11) is 3.11. The Morgan fingerprint density at radius 1 is 0.848 bits per heavy atom. The zero-order chi connectivity index (χ0) is 24.4. The summed E-state index contributed by atoms with van der Waals surface area (Å²) in [6, 6.07) is 14.6. The number of methoxy groups -OCH3 is 2. The first-order valence-corrected chi connectivity index (χ1v) is 10.5. The van der Waals surface area contributed by atoms with E-state index in [1.165, 1.54) is 7.11 Å². The molecule has 0 spiro atoms. The predicted octanol–water partition coefficient (Wildman–Crippen LogP) is 0.367. The summed E-state index contributed by atoms with van der Waals surface area (Å²) in [6.45, 7) is -0.812. The zero-order valence-electron chi connectivity index (χ0n) is 18.7. The van der Waals surface area contributed by atoms with Gasteiger partial charge in [0.2, 0.25) is 0 Å². The van der Waals surface area contributed by atoms with Gasteiger partial charge in [-0.1, -0.05) is 24.3 Å². The molecular weight excluding hydrogens is 428 g/mol. The Bertz CT molecular complexity index is 938. The quantitative estimate of drug-likeness (QED) is 0.250. The van der Waals surface area contributed by atoms with Crippen LogP contribution >= 0.6 is 0 Å². The molecule has 33 heavy (non-hydrogen) atoms. The lowest BCUT2D eigenvalue weighted by Gasteiger charge is -2.29. The molecule has 0 amide bonds. The van der Waals surface area contributed by atoms with Crippen molar-refractivity contribution in [2.45, 2.75) is 43.4 Å². The van der Waals surface area contributed by atoms with E-state index in [-0.39, 0.29) is 12.0 Å². The maximum absolute atomic E-state index is 10.8. The maximum Gasteiger partial charge on any atom is 0.119 e. The third-order valence-electron chi connectivity index (χ3n) is 5.25. The number of hydrogen-bond donors (Lipinski definition) is 6. The highest BCUT2D eigenvalue weighted by molar-refractivity contribution is 5.33. The molecule has 0 saturated carbocycles. The Balaban J connectivity index is 2.32. The van der Waals surface area contributed by atoms with Gasteiger partial charge in [0.1, 0.15) is 42.0 Å². The Morgan fingerprint density at radius 2 is 1.42 bits per heavy atom. The monoisotopic (exact) mass is 460 g/mol. The highest BCUT2D eigenvalue weighted by Crippen LogP contribution is 2.21. The molecule has 2 aromatic rings. The summed E-state index contributed by atoms with van der Waals surface area (Å²) in [5.41, 5.74) is 4.97. The molecule has 8 heteroatoms. The van der Waals surface area contributed by atoms with Gasteiger partial charge in [0.15, 0.2) is 0 Å². The lowest BCUT2D eigenvalue weighted by atomic mass is 9.92. The summed E-state index contributed by atoms with van der Waals surface area (Å²) in [5, 5.41) is 59.9. The first kappa shape index (κ1) is 26.6. The largest absolute Gasteiger partial charge is 0.497 e. The molecule has 0 aliphatic rings. The number of aliphatic hydroxyl groups excluding tert-OH is 6. The highest BCUT2D eigenvalue weighted by atomic mass is 16.5. The van der Waals surface area contributed by atoms with Crippen molar-refractivity contribution in [1.29, 1.82) is 0 Å². The number of rotatable bonds is 12. The highest BCUT2D eigenvalue weighted by Gasteiger charge is 2.35. The van der Waals surface area contributed by atoms with Gasteiger partial charge in [-0.05, 0) is 47.9 Å². The fraction of sp³-hybridized carbons (Fsp3) is 0.400. The Labute approximate surface area is 193 Å². The van der Waals surface area contributed by atoms with E-state index in [1.807, 2.05) is 30.3 Å². The molecule has 0 aliphatic carbocycles. The van der Waals surface area contributed by atoms with Crippen LogP contribution in [0.1, 0.15) is 11.1 Å². The maximum atomic E-state index is 10.8. The third-order valence-corrected chi connectivity index (χ3v) is 5.25. The van der Waals surface area contributed by atoms with Crippen LogP contribution in [0, 0.1) is 0 Å². The van der Waals surface area contributed by atoms with Gasteiger partial charge in [-0.2, -0.15) is 0 Å². The lowest BCUT2D eigenvalue weighted by Crippen LogP contribution is -2.50. The second-order valence-electron chi connectivity index (χ2n) is 7.62. The van der Waals surface area contributed by atoms with Gasteiger partial charge in [0, 0.05) is 12.0 Å². The first-order valence-electron chi connectivity index (χ1n) is 10.5. The Morgan fingerprint density at radius 3 is 2.00 bits per heavy atom. The van der Waals surface area contributed by atoms with Crippen molar-refractivity contribution in [3.63, 3.8) is 0 Å². The number of benzene rings is 2. The SMILES string of the molecule is COc1cccc(CC=C=C(Cc2cccc(OC)c2)C(O)[C@@H](O)[C@@H](O)[C@H](O)[C@@H](O)CO)c1. The number of hydrogen-bond acceptors (Lipinski definition) is 8. The molecule has 6 N–H and O–H groups in total. The summed E-state index contributed by atoms with van der Waals surface area (Å²) in [5.74, 6) is 1.32. The average Bonchev–Trinajstić information content (AvgIpc) is 2.85. The van der Waals surface area contributed by atoms with Crippen molar-refractivity contribution in [3.8, 4) is 11.5 Å². The molecule has 180 valence electrons. The molecule has 2 aromatic carbocycles. The van der Waals surface area contributed by atoms with Crippen molar-refractivity contribution < 1.29 is 40.1 Å². The molecule has 5 atom stereocenters. The predicted molar refractivity (Wildman–Crippen MR) is 122 cm³/mol. The van der Waals surface area contributed by atoms with Gasteiger partial charge >= 0.3 is 0 Å². The normalized spacial score (nSPS) is 15.5. The minimum atomic E-state index is -1.90. The number of aliphatic hydroxyl groups is 6. The van der Waals surface area contributed by atoms with Crippen molar-refractivity contribution in [1.82, 2.24) is 0 Å². The fourth-order valence-electron chi connectivity index (χ4n) is 3.27. The van der Waals surface area contributed by atoms with Crippen LogP contribution in [0.25, 0.3) is 0 Å². The van der Waals surface area contributed by atoms with Crippen molar-refractivity contribution >= 4 is 0 Å². The molecule has 0 aromatic heterocycles. The lowest BCUT2D eigenvalue weighted by molar-refractivity contribution is -0.134. The van der Waals surface area contributed by atoms with Gasteiger partial charge in [-0.25, -0.2) is 0 Å². The molecule has 0 heterocycles. The van der Waals surface area contributed by atoms with Crippen LogP contribution in [0.2, 0.25) is 0 Å². The summed E-state index contributed by atoms with van der Waals surface area (Å²) in [4.78, 5) is 0. The van der Waals surface area contributed by atoms with E-state index in [1.54, 1.807) is 31.4 Å². The summed E-state index contributed by atoms with van der Waals surface area (Å²) >= 11 is 0. The van der Waals surface area contributed by atoms with Crippen LogP contribution in [-0.4, -0.2) is 82.0 Å². The van der Waals surface area contributed by atoms with Crippen molar-refractivity contribution in [2.24, 2.45) is 0 Å². The molecule has 0 saturated heterocycles. The fourth-order valence-corrected chi connectivity index (χ4v) is 3.27. The second-order valence-corrected chi connectivity index (χ2v) is 7.62. The Kier molecular flexibility index (Phi) is 10.6. The smallest absolute Gasteiger partial charge is 0.119 e. The van der Waals surface area contributed by atoms with Crippen LogP contribution in [0.15, 0.2) is 65.9 Å². The van der Waals surface area contributed by atoms with Crippen molar-refractivity contribution in [2.75, 3.05) is 20.8 Å². The van der Waals surface area contributed by atoms with E-state index in [0.717, 1.165) is 11.1 Å². The van der Waals surface area contributed by atoms with E-state index in [9.17, 15) is 25.5 Å². The molecule has 1 unspecified atom stereocenters. The van der Waals surface area contributed by atoms with Gasteiger partial charge in [-0.3, -0.25) is 0 Å². The Hall–Kier alpha value is -2.68. The van der Waals surface area contributed by atoms with E-state index in [4.69, 9.17) is 14.6 Å². The van der Waals surface area contributed by atoms with Crippen LogP contribution in [0.4, 0.5) is 0 Å². The minimum Gasteiger partial charge on any atom is -0.497 e. The molecular formula is C25H32O8. The zero-order valence-corrected chi connectivity index (χ0v) is 18.7. The van der Waals surface area contributed by atoms with Crippen LogP contribution < -0.4 is 9.47 Å². The molecule has 2 rings (SSSR count). The summed E-state index contributed by atoms with van der Waals surface area (Å²) < 4.78 is 10.4. The molecule has 8 nitrogen and oxygen atoms in total. The first-order chi connectivity index (χ1) is 15.8. The van der Waals surface area contributed by atoms with E-state index in [0.29, 0.717) is 17.9 Å². The van der Waals surface area contributed by atoms with Gasteiger partial charge in [0.25, 0.3) is 0 Å². The molecule has 0 aliphatic heterocycles. The minimum absolute atomic E-state index is 0.176. The van der Waals surface area contributed by atoms with E-state index < -0.39 is 37.1 Å². The van der Waals surface area contributed by atoms with Crippen molar-refractivity contribution in [3.05, 3.63) is 77.0 Å². The molecule has 0 fully saturated rings. The third kappa shape index (κ3) is 7.70. The number of ether oxygens (including phenoxy) is 2. The topological polar surface area (TPSA) is 140 Å². The average molecular weight is 461 g/mol.